The highest BCUT2D eigenvalue weighted by Crippen LogP contribution is 2.44. The van der Waals surface area contributed by atoms with Crippen molar-refractivity contribution in [2.75, 3.05) is 20.5 Å². The summed E-state index contributed by atoms with van der Waals surface area (Å²) in [7, 11) is 3.32. The Bertz CT molecular complexity index is 413. The molecule has 17 heavy (non-hydrogen) atoms. The molecule has 0 bridgehead atoms. The van der Waals surface area contributed by atoms with E-state index in [0.717, 1.165) is 34.8 Å². The highest BCUT2D eigenvalue weighted by molar-refractivity contribution is 7.98. The summed E-state index contributed by atoms with van der Waals surface area (Å²) in [5, 5.41) is 10.00. The maximum atomic E-state index is 10.00. The van der Waals surface area contributed by atoms with Crippen molar-refractivity contribution >= 4 is 11.8 Å². The summed E-state index contributed by atoms with van der Waals surface area (Å²) in [5.74, 6) is 1.65. The van der Waals surface area contributed by atoms with E-state index < -0.39 is 5.60 Å². The second-order valence-corrected chi connectivity index (χ2v) is 5.21. The zero-order valence-electron chi connectivity index (χ0n) is 10.4. The van der Waals surface area contributed by atoms with Crippen molar-refractivity contribution < 1.29 is 14.6 Å². The van der Waals surface area contributed by atoms with Gasteiger partial charge in [0.25, 0.3) is 0 Å². The fraction of sp³-hybridized carbons (Fsp3) is 0.538. The first-order chi connectivity index (χ1) is 8.13. The summed E-state index contributed by atoms with van der Waals surface area (Å²) in [5.41, 5.74) is 0.551. The van der Waals surface area contributed by atoms with Crippen LogP contribution in [0.25, 0.3) is 0 Å². The standard InChI is InChI=1S/C13H18O3S/c1-15-10-5-4-9(8-13(14)6-7-13)11(16-2)12(10)17-3/h4-5,14H,6-8H2,1-3H3. The minimum atomic E-state index is -0.502. The number of thioether (sulfide) groups is 1. The molecule has 1 aliphatic rings. The van der Waals surface area contributed by atoms with Gasteiger partial charge in [-0.3, -0.25) is 0 Å². The van der Waals surface area contributed by atoms with E-state index in [4.69, 9.17) is 9.47 Å². The molecule has 1 fully saturated rings. The third kappa shape index (κ3) is 2.53. The van der Waals surface area contributed by atoms with E-state index in [1.54, 1.807) is 26.0 Å². The molecule has 1 aliphatic carbocycles. The van der Waals surface area contributed by atoms with Crippen LogP contribution in [0.5, 0.6) is 11.5 Å². The average molecular weight is 254 g/mol. The lowest BCUT2D eigenvalue weighted by Gasteiger charge is -2.17. The number of rotatable bonds is 5. The Hall–Kier alpha value is -0.870. The molecule has 1 saturated carbocycles. The Balaban J connectivity index is 2.38. The molecule has 0 spiro atoms. The van der Waals surface area contributed by atoms with Gasteiger partial charge in [0.2, 0.25) is 0 Å². The van der Waals surface area contributed by atoms with Gasteiger partial charge in [0, 0.05) is 6.42 Å². The third-order valence-corrected chi connectivity index (χ3v) is 3.93. The van der Waals surface area contributed by atoms with Gasteiger partial charge in [-0.15, -0.1) is 11.8 Å². The summed E-state index contributed by atoms with van der Waals surface area (Å²) in [6.45, 7) is 0. The number of benzene rings is 1. The Morgan fingerprint density at radius 2 is 2.00 bits per heavy atom. The van der Waals surface area contributed by atoms with Gasteiger partial charge in [-0.25, -0.2) is 0 Å². The van der Waals surface area contributed by atoms with Crippen LogP contribution in [0.3, 0.4) is 0 Å². The fourth-order valence-corrected chi connectivity index (χ4v) is 2.73. The Labute approximate surface area is 106 Å². The van der Waals surface area contributed by atoms with E-state index in [9.17, 15) is 5.11 Å². The first-order valence-electron chi connectivity index (χ1n) is 5.64. The second kappa shape index (κ2) is 4.78. The molecule has 0 saturated heterocycles. The Kier molecular flexibility index (Phi) is 3.54. The van der Waals surface area contributed by atoms with Crippen LogP contribution in [0.2, 0.25) is 0 Å². The molecule has 0 radical (unpaired) electrons. The first-order valence-corrected chi connectivity index (χ1v) is 6.86. The minimum absolute atomic E-state index is 0.502. The second-order valence-electron chi connectivity index (χ2n) is 4.39. The molecule has 1 aromatic carbocycles. The SMILES string of the molecule is COc1ccc(CC2(O)CC2)c(OC)c1SC. The molecular formula is C13H18O3S. The van der Waals surface area contributed by atoms with Gasteiger partial charge in [-0.05, 0) is 30.7 Å². The van der Waals surface area contributed by atoms with Crippen LogP contribution >= 0.6 is 11.8 Å². The monoisotopic (exact) mass is 254 g/mol. The van der Waals surface area contributed by atoms with Crippen LogP contribution in [0.15, 0.2) is 17.0 Å². The minimum Gasteiger partial charge on any atom is -0.495 e. The van der Waals surface area contributed by atoms with Crippen LogP contribution in [0.1, 0.15) is 18.4 Å². The van der Waals surface area contributed by atoms with Crippen LogP contribution in [-0.4, -0.2) is 31.2 Å². The van der Waals surface area contributed by atoms with Gasteiger partial charge in [-0.1, -0.05) is 6.07 Å². The summed E-state index contributed by atoms with van der Waals surface area (Å²) in [6, 6.07) is 3.92. The molecule has 0 aromatic heterocycles. The highest BCUT2D eigenvalue weighted by Gasteiger charge is 2.41. The predicted octanol–water partition coefficient (Wildman–Crippen LogP) is 2.49. The molecule has 0 atom stereocenters. The van der Waals surface area contributed by atoms with Crippen molar-refractivity contribution in [3.05, 3.63) is 17.7 Å². The maximum absolute atomic E-state index is 10.00. The predicted molar refractivity (Wildman–Crippen MR) is 69.2 cm³/mol. The van der Waals surface area contributed by atoms with Gasteiger partial charge < -0.3 is 14.6 Å². The lowest BCUT2D eigenvalue weighted by molar-refractivity contribution is 0.149. The van der Waals surface area contributed by atoms with Gasteiger partial charge in [-0.2, -0.15) is 0 Å². The van der Waals surface area contributed by atoms with Crippen LogP contribution in [0, 0.1) is 0 Å². The summed E-state index contributed by atoms with van der Waals surface area (Å²) < 4.78 is 10.8. The third-order valence-electron chi connectivity index (χ3n) is 3.13. The summed E-state index contributed by atoms with van der Waals surface area (Å²) in [4.78, 5) is 0.997. The van der Waals surface area contributed by atoms with E-state index in [2.05, 4.69) is 0 Å². The van der Waals surface area contributed by atoms with E-state index in [-0.39, 0.29) is 0 Å². The van der Waals surface area contributed by atoms with Crippen LogP contribution in [0.4, 0.5) is 0 Å². The molecule has 0 aliphatic heterocycles. The molecule has 1 N–H and O–H groups in total. The van der Waals surface area contributed by atoms with E-state index in [1.807, 2.05) is 18.4 Å². The molecule has 0 amide bonds. The van der Waals surface area contributed by atoms with Crippen molar-refractivity contribution in [3.63, 3.8) is 0 Å². The van der Waals surface area contributed by atoms with Crippen molar-refractivity contribution in [1.29, 1.82) is 0 Å². The van der Waals surface area contributed by atoms with Gasteiger partial charge >= 0.3 is 0 Å². The van der Waals surface area contributed by atoms with Crippen LogP contribution < -0.4 is 9.47 Å². The zero-order chi connectivity index (χ0) is 12.5. The largest absolute Gasteiger partial charge is 0.495 e. The molecule has 2 rings (SSSR count). The average Bonchev–Trinajstić information content (AvgIpc) is 3.06. The number of aliphatic hydroxyl groups is 1. The maximum Gasteiger partial charge on any atom is 0.139 e. The smallest absolute Gasteiger partial charge is 0.139 e. The Morgan fingerprint density at radius 3 is 2.47 bits per heavy atom. The fourth-order valence-electron chi connectivity index (χ4n) is 1.98. The van der Waals surface area contributed by atoms with Crippen molar-refractivity contribution in [3.8, 4) is 11.5 Å². The summed E-state index contributed by atoms with van der Waals surface area (Å²) >= 11 is 1.60. The molecule has 3 nitrogen and oxygen atoms in total. The normalized spacial score (nSPS) is 16.7. The number of hydrogen-bond acceptors (Lipinski definition) is 4. The highest BCUT2D eigenvalue weighted by atomic mass is 32.2. The lowest BCUT2D eigenvalue weighted by Crippen LogP contribution is -2.12. The van der Waals surface area contributed by atoms with E-state index in [0.29, 0.717) is 6.42 Å². The molecule has 94 valence electrons. The van der Waals surface area contributed by atoms with Gasteiger partial charge in [0.15, 0.2) is 0 Å². The molecule has 0 heterocycles. The summed E-state index contributed by atoms with van der Waals surface area (Å²) in [6.07, 6.45) is 4.43. The van der Waals surface area contributed by atoms with Crippen molar-refractivity contribution in [2.24, 2.45) is 0 Å². The van der Waals surface area contributed by atoms with E-state index >= 15 is 0 Å². The first kappa shape index (κ1) is 12.6. The molecule has 1 aromatic rings. The molecular weight excluding hydrogens is 236 g/mol. The number of hydrogen-bond donors (Lipinski definition) is 1. The van der Waals surface area contributed by atoms with Crippen LogP contribution in [-0.2, 0) is 6.42 Å². The topological polar surface area (TPSA) is 38.7 Å². The molecule has 4 heteroatoms. The molecule has 0 unspecified atom stereocenters. The van der Waals surface area contributed by atoms with Crippen molar-refractivity contribution in [1.82, 2.24) is 0 Å². The zero-order valence-corrected chi connectivity index (χ0v) is 11.3. The number of methoxy groups -OCH3 is 2. The lowest BCUT2D eigenvalue weighted by atomic mass is 10.1. The number of ether oxygens (including phenoxy) is 2. The van der Waals surface area contributed by atoms with Gasteiger partial charge in [0.1, 0.15) is 11.5 Å². The Morgan fingerprint density at radius 1 is 1.29 bits per heavy atom. The quantitative estimate of drug-likeness (QED) is 0.819. The van der Waals surface area contributed by atoms with Gasteiger partial charge in [0.05, 0.1) is 24.7 Å². The van der Waals surface area contributed by atoms with Crippen molar-refractivity contribution in [2.45, 2.75) is 29.8 Å². The van der Waals surface area contributed by atoms with E-state index in [1.165, 1.54) is 0 Å².